The van der Waals surface area contributed by atoms with Gasteiger partial charge < -0.3 is 0 Å². The highest BCUT2D eigenvalue weighted by Crippen LogP contribution is 2.27. The molecule has 0 fully saturated rings. The molecule has 0 radical (unpaired) electrons. The van der Waals surface area contributed by atoms with Gasteiger partial charge in [0, 0.05) is 10.9 Å². The summed E-state index contributed by atoms with van der Waals surface area (Å²) in [6.45, 7) is 6.42. The molecule has 0 spiro atoms. The van der Waals surface area contributed by atoms with Gasteiger partial charge in [0.15, 0.2) is 0 Å². The molecule has 3 aromatic rings. The number of rotatable bonds is 1. The van der Waals surface area contributed by atoms with Crippen LogP contribution in [-0.4, -0.2) is 4.98 Å². The number of hydrogen-bond donors (Lipinski definition) is 0. The van der Waals surface area contributed by atoms with Crippen LogP contribution in [0.4, 0.5) is 0 Å². The molecule has 3 rings (SSSR count). The lowest BCUT2D eigenvalue weighted by Crippen LogP contribution is -1.91. The molecule has 20 heavy (non-hydrogen) atoms. The molecule has 2 aromatic carbocycles. The first-order valence-electron chi connectivity index (χ1n) is 6.59. The van der Waals surface area contributed by atoms with Crippen LogP contribution in [-0.2, 0) is 0 Å². The largest absolute Gasteiger partial charge is 0.248 e. The Labute approximate surface area is 126 Å². The van der Waals surface area contributed by atoms with Crippen molar-refractivity contribution in [3.63, 3.8) is 0 Å². The Morgan fingerprint density at radius 1 is 0.800 bits per heavy atom. The van der Waals surface area contributed by atoms with Crippen molar-refractivity contribution in [3.05, 3.63) is 65.2 Å². The number of hydrogen-bond acceptors (Lipinski definition) is 1. The average molecular weight is 284 g/mol. The fraction of sp³-hybridized carbons (Fsp3) is 0.167. The maximum absolute atomic E-state index is 4.80. The number of pyridine rings is 1. The summed E-state index contributed by atoms with van der Waals surface area (Å²) >= 11 is 0. The second kappa shape index (κ2) is 5.64. The molecule has 0 N–H and O–H groups in total. The maximum Gasteiger partial charge on any atom is 0.0715 e. The zero-order valence-electron chi connectivity index (χ0n) is 12.0. The van der Waals surface area contributed by atoms with E-state index in [2.05, 4.69) is 63.2 Å². The van der Waals surface area contributed by atoms with E-state index in [1.165, 1.54) is 27.6 Å². The van der Waals surface area contributed by atoms with Gasteiger partial charge in [-0.25, -0.2) is 4.98 Å². The number of para-hydroxylation sites is 1. The molecule has 1 heterocycles. The van der Waals surface area contributed by atoms with Gasteiger partial charge >= 0.3 is 0 Å². The van der Waals surface area contributed by atoms with E-state index in [0.29, 0.717) is 0 Å². The monoisotopic (exact) mass is 283 g/mol. The molecular formula is C18H18ClN. The lowest BCUT2D eigenvalue weighted by atomic mass is 10.00. The first-order valence-corrected chi connectivity index (χ1v) is 6.59. The molecule has 0 atom stereocenters. The van der Waals surface area contributed by atoms with Crippen LogP contribution in [0.3, 0.4) is 0 Å². The van der Waals surface area contributed by atoms with Crippen molar-refractivity contribution in [2.24, 2.45) is 0 Å². The van der Waals surface area contributed by atoms with E-state index < -0.39 is 0 Å². The van der Waals surface area contributed by atoms with Gasteiger partial charge in [-0.05, 0) is 44.0 Å². The van der Waals surface area contributed by atoms with E-state index in [-0.39, 0.29) is 12.4 Å². The van der Waals surface area contributed by atoms with Gasteiger partial charge in [0.05, 0.1) is 11.2 Å². The Bertz CT molecular complexity index is 762. The van der Waals surface area contributed by atoms with Crippen molar-refractivity contribution in [2.75, 3.05) is 0 Å². The summed E-state index contributed by atoms with van der Waals surface area (Å²) in [5.41, 5.74) is 7.20. The topological polar surface area (TPSA) is 12.9 Å². The number of fused-ring (bicyclic) bond motifs is 1. The van der Waals surface area contributed by atoms with Gasteiger partial charge in [-0.2, -0.15) is 0 Å². The highest BCUT2D eigenvalue weighted by atomic mass is 35.5. The van der Waals surface area contributed by atoms with E-state index in [9.17, 15) is 0 Å². The molecule has 0 aliphatic carbocycles. The van der Waals surface area contributed by atoms with Crippen LogP contribution in [0.15, 0.2) is 48.5 Å². The fourth-order valence-corrected chi connectivity index (χ4v) is 2.59. The molecule has 0 amide bonds. The molecule has 0 saturated heterocycles. The zero-order valence-corrected chi connectivity index (χ0v) is 12.8. The first-order chi connectivity index (χ1) is 9.15. The minimum absolute atomic E-state index is 0. The van der Waals surface area contributed by atoms with Gasteiger partial charge in [-0.1, -0.05) is 42.0 Å². The van der Waals surface area contributed by atoms with Crippen molar-refractivity contribution in [1.29, 1.82) is 0 Å². The molecule has 0 saturated carbocycles. The Balaban J connectivity index is 0.00000147. The molecule has 0 aliphatic rings. The second-order valence-electron chi connectivity index (χ2n) is 5.16. The third kappa shape index (κ3) is 2.54. The number of aryl methyl sites for hydroxylation is 3. The number of nitrogens with zero attached hydrogens (tertiary/aromatic N) is 1. The minimum Gasteiger partial charge on any atom is -0.248 e. The third-order valence-corrected chi connectivity index (χ3v) is 3.58. The lowest BCUT2D eigenvalue weighted by molar-refractivity contribution is 1.32. The molecule has 0 bridgehead atoms. The van der Waals surface area contributed by atoms with Gasteiger partial charge in [0.1, 0.15) is 0 Å². The standard InChI is InChI=1S/C18H17N.ClH/c1-12-8-9-16(13(2)10-12)18-11-14(3)15-6-4-5-7-17(15)19-18;/h4-11H,1-3H3;1H. The van der Waals surface area contributed by atoms with Crippen LogP contribution in [0.2, 0.25) is 0 Å². The second-order valence-corrected chi connectivity index (χ2v) is 5.16. The van der Waals surface area contributed by atoms with Crippen molar-refractivity contribution in [2.45, 2.75) is 20.8 Å². The first kappa shape index (κ1) is 14.5. The van der Waals surface area contributed by atoms with Gasteiger partial charge in [0.2, 0.25) is 0 Å². The number of aromatic nitrogens is 1. The normalized spacial score (nSPS) is 10.3. The van der Waals surface area contributed by atoms with Gasteiger partial charge in [0.25, 0.3) is 0 Å². The summed E-state index contributed by atoms with van der Waals surface area (Å²) in [6, 6.07) is 17.0. The Morgan fingerprint density at radius 2 is 1.55 bits per heavy atom. The van der Waals surface area contributed by atoms with Crippen molar-refractivity contribution < 1.29 is 0 Å². The number of halogens is 1. The summed E-state index contributed by atoms with van der Waals surface area (Å²) < 4.78 is 0. The van der Waals surface area contributed by atoms with E-state index in [4.69, 9.17) is 4.98 Å². The van der Waals surface area contributed by atoms with Crippen molar-refractivity contribution >= 4 is 23.3 Å². The lowest BCUT2D eigenvalue weighted by Gasteiger charge is -2.09. The molecule has 1 aromatic heterocycles. The maximum atomic E-state index is 4.80. The average Bonchev–Trinajstić information content (AvgIpc) is 2.38. The van der Waals surface area contributed by atoms with E-state index in [1.54, 1.807) is 0 Å². The van der Waals surface area contributed by atoms with E-state index >= 15 is 0 Å². The van der Waals surface area contributed by atoms with Crippen LogP contribution in [0, 0.1) is 20.8 Å². The van der Waals surface area contributed by atoms with Crippen LogP contribution < -0.4 is 0 Å². The molecule has 0 aliphatic heterocycles. The molecule has 1 nitrogen and oxygen atoms in total. The Hall–Kier alpha value is -1.86. The highest BCUT2D eigenvalue weighted by Gasteiger charge is 2.07. The predicted octanol–water partition coefficient (Wildman–Crippen LogP) is 5.25. The summed E-state index contributed by atoms with van der Waals surface area (Å²) in [4.78, 5) is 4.80. The van der Waals surface area contributed by atoms with Crippen LogP contribution in [0.5, 0.6) is 0 Å². The van der Waals surface area contributed by atoms with Crippen LogP contribution in [0.25, 0.3) is 22.2 Å². The summed E-state index contributed by atoms with van der Waals surface area (Å²) in [6.07, 6.45) is 0. The molecular weight excluding hydrogens is 266 g/mol. The van der Waals surface area contributed by atoms with Gasteiger partial charge in [-0.3, -0.25) is 0 Å². The Kier molecular flexibility index (Phi) is 4.10. The highest BCUT2D eigenvalue weighted by molar-refractivity contribution is 5.85. The summed E-state index contributed by atoms with van der Waals surface area (Å²) in [5.74, 6) is 0. The van der Waals surface area contributed by atoms with E-state index in [1.807, 2.05) is 6.07 Å². The minimum atomic E-state index is 0. The van der Waals surface area contributed by atoms with E-state index in [0.717, 1.165) is 11.2 Å². The van der Waals surface area contributed by atoms with Crippen molar-refractivity contribution in [1.82, 2.24) is 4.98 Å². The molecule has 2 heteroatoms. The fourth-order valence-electron chi connectivity index (χ4n) is 2.59. The number of benzene rings is 2. The zero-order chi connectivity index (χ0) is 13.4. The van der Waals surface area contributed by atoms with Crippen LogP contribution >= 0.6 is 12.4 Å². The summed E-state index contributed by atoms with van der Waals surface area (Å²) in [5, 5.41) is 1.23. The SMILES string of the molecule is Cc1ccc(-c2cc(C)c3ccccc3n2)c(C)c1.Cl. The third-order valence-electron chi connectivity index (χ3n) is 3.58. The molecule has 0 unspecified atom stereocenters. The van der Waals surface area contributed by atoms with Gasteiger partial charge in [-0.15, -0.1) is 12.4 Å². The predicted molar refractivity (Wildman–Crippen MR) is 88.6 cm³/mol. The van der Waals surface area contributed by atoms with Crippen molar-refractivity contribution in [3.8, 4) is 11.3 Å². The quantitative estimate of drug-likeness (QED) is 0.594. The summed E-state index contributed by atoms with van der Waals surface area (Å²) in [7, 11) is 0. The van der Waals surface area contributed by atoms with Crippen LogP contribution in [0.1, 0.15) is 16.7 Å². The molecule has 102 valence electrons. The smallest absolute Gasteiger partial charge is 0.0715 e. The Morgan fingerprint density at radius 3 is 2.30 bits per heavy atom.